The summed E-state index contributed by atoms with van der Waals surface area (Å²) in [4.78, 5) is 21.2. The molecular weight excluding hydrogens is 581 g/mol. The van der Waals surface area contributed by atoms with E-state index < -0.39 is 5.82 Å². The van der Waals surface area contributed by atoms with Crippen molar-refractivity contribution in [2.75, 3.05) is 32.1 Å². The number of thiocarbonyl (C=S) groups is 1. The summed E-state index contributed by atoms with van der Waals surface area (Å²) in [5.41, 5.74) is 1.95. The van der Waals surface area contributed by atoms with Crippen molar-refractivity contribution in [3.8, 4) is 5.75 Å². The number of carbonyl (C=O) groups is 1. The molecule has 0 aromatic heterocycles. The third-order valence-corrected chi connectivity index (χ3v) is 8.93. The van der Waals surface area contributed by atoms with Crippen LogP contribution in [0.4, 0.5) is 10.1 Å². The quantitative estimate of drug-likeness (QED) is 0.359. The van der Waals surface area contributed by atoms with Gasteiger partial charge in [0.15, 0.2) is 22.4 Å². The number of fused-ring (bicyclic) bond motifs is 2. The molecule has 2 heterocycles. The maximum Gasteiger partial charge on any atom is 0.230 e. The highest BCUT2D eigenvalue weighted by Crippen LogP contribution is 2.41. The average molecular weight is 618 g/mol. The Labute approximate surface area is 261 Å². The molecule has 2 aliphatic heterocycles. The van der Waals surface area contributed by atoms with Crippen molar-refractivity contribution in [3.63, 3.8) is 0 Å². The highest BCUT2D eigenvalue weighted by Gasteiger charge is 2.40. The summed E-state index contributed by atoms with van der Waals surface area (Å²) >= 11 is 5.25. The standard InChI is InChI=1S/C33H36FN5O4S/c1-19-30-26(14-28(31(19)41-2)42-17-21-10-22-15-35-16-23(22)11-21)36-18-37-32(30)43-27-9-8-24(13-25(27)34)38-33(44)39-29(40)12-20-6-4-3-5-7-20/h3-9,13-14,18-19,21-23,30,35H,10-12,15-17H2,1-2H3,(H2,38,39,40,44). The first kappa shape index (κ1) is 30.0. The fourth-order valence-corrected chi connectivity index (χ4v) is 6.86. The van der Waals surface area contributed by atoms with E-state index in [1.807, 2.05) is 43.3 Å². The maximum atomic E-state index is 15.2. The summed E-state index contributed by atoms with van der Waals surface area (Å²) < 4.78 is 33.4. The van der Waals surface area contributed by atoms with Crippen molar-refractivity contribution in [3.05, 3.63) is 83.2 Å². The smallest absolute Gasteiger partial charge is 0.230 e. The van der Waals surface area contributed by atoms with Crippen molar-refractivity contribution in [2.24, 2.45) is 39.6 Å². The third kappa shape index (κ3) is 6.68. The van der Waals surface area contributed by atoms with Crippen LogP contribution in [0.2, 0.25) is 0 Å². The van der Waals surface area contributed by atoms with Gasteiger partial charge in [0, 0.05) is 23.7 Å². The predicted octanol–water partition coefficient (Wildman–Crippen LogP) is 4.97. The minimum atomic E-state index is -0.615. The molecule has 1 amide bonds. The number of allylic oxidation sites excluding steroid dienone is 2. The summed E-state index contributed by atoms with van der Waals surface area (Å²) in [6.07, 6.45) is 5.83. The van der Waals surface area contributed by atoms with Gasteiger partial charge in [-0.2, -0.15) is 0 Å². The lowest BCUT2D eigenvalue weighted by molar-refractivity contribution is -0.119. The first-order valence-corrected chi connectivity index (χ1v) is 15.3. The van der Waals surface area contributed by atoms with Gasteiger partial charge in [-0.25, -0.2) is 14.4 Å². The number of hydrogen-bond donors (Lipinski definition) is 3. The number of anilines is 1. The summed E-state index contributed by atoms with van der Waals surface area (Å²) in [5, 5.41) is 9.03. The van der Waals surface area contributed by atoms with Gasteiger partial charge in [-0.05, 0) is 73.6 Å². The van der Waals surface area contributed by atoms with Crippen molar-refractivity contribution < 1.29 is 23.4 Å². The van der Waals surface area contributed by atoms with Gasteiger partial charge in [0.05, 0.1) is 31.8 Å². The molecule has 1 saturated carbocycles. The van der Waals surface area contributed by atoms with E-state index in [2.05, 4.69) is 25.9 Å². The molecule has 11 heteroatoms. The number of methoxy groups -OCH3 is 1. The van der Waals surface area contributed by atoms with E-state index in [0.29, 0.717) is 35.6 Å². The van der Waals surface area contributed by atoms with Crippen LogP contribution in [-0.2, 0) is 20.7 Å². The van der Waals surface area contributed by atoms with Crippen LogP contribution in [0.3, 0.4) is 0 Å². The van der Waals surface area contributed by atoms with Crippen molar-refractivity contribution >= 4 is 41.2 Å². The summed E-state index contributed by atoms with van der Waals surface area (Å²) in [6.45, 7) is 4.85. The molecule has 4 unspecified atom stereocenters. The van der Waals surface area contributed by atoms with Gasteiger partial charge >= 0.3 is 0 Å². The van der Waals surface area contributed by atoms with Crippen LogP contribution in [0.25, 0.3) is 0 Å². The lowest BCUT2D eigenvalue weighted by Gasteiger charge is -2.32. The Kier molecular flexibility index (Phi) is 9.04. The Morgan fingerprint density at radius 3 is 2.64 bits per heavy atom. The van der Waals surface area contributed by atoms with Crippen LogP contribution in [0.1, 0.15) is 25.3 Å². The predicted molar refractivity (Wildman–Crippen MR) is 171 cm³/mol. The van der Waals surface area contributed by atoms with E-state index in [1.165, 1.54) is 31.3 Å². The second-order valence-electron chi connectivity index (χ2n) is 11.7. The highest BCUT2D eigenvalue weighted by molar-refractivity contribution is 7.80. The van der Waals surface area contributed by atoms with Crippen LogP contribution in [0.5, 0.6) is 5.75 Å². The summed E-state index contributed by atoms with van der Waals surface area (Å²) in [6, 6.07) is 13.7. The first-order chi connectivity index (χ1) is 21.4. The van der Waals surface area contributed by atoms with E-state index in [4.69, 9.17) is 26.4 Å². The first-order valence-electron chi connectivity index (χ1n) is 14.9. The van der Waals surface area contributed by atoms with Gasteiger partial charge in [0.25, 0.3) is 0 Å². The molecule has 230 valence electrons. The van der Waals surface area contributed by atoms with E-state index in [9.17, 15) is 4.79 Å². The van der Waals surface area contributed by atoms with Crippen molar-refractivity contribution in [1.82, 2.24) is 10.6 Å². The number of rotatable bonds is 8. The van der Waals surface area contributed by atoms with E-state index in [-0.39, 0.29) is 35.0 Å². The van der Waals surface area contributed by atoms with Crippen LogP contribution in [0, 0.1) is 35.4 Å². The highest BCUT2D eigenvalue weighted by atomic mass is 32.1. The molecule has 44 heavy (non-hydrogen) atoms. The van der Waals surface area contributed by atoms with E-state index in [0.717, 1.165) is 36.2 Å². The lowest BCUT2D eigenvalue weighted by Crippen LogP contribution is -2.35. The van der Waals surface area contributed by atoms with Gasteiger partial charge in [0.1, 0.15) is 12.1 Å². The molecular formula is C33H36FN5O4S. The normalized spacial score (nSPS) is 25.4. The SMILES string of the molecule is COC1=C(OCC2CC3CNCC3C2)C=C2N=CN=C(Oc3ccc(NC(=S)NC(=O)Cc4ccccc4)cc3F)C2C1C. The zero-order valence-corrected chi connectivity index (χ0v) is 25.5. The fraction of sp³-hybridized carbons (Fsp3) is 0.394. The van der Waals surface area contributed by atoms with Crippen LogP contribution >= 0.6 is 12.2 Å². The van der Waals surface area contributed by atoms with Gasteiger partial charge in [0.2, 0.25) is 11.8 Å². The molecule has 2 fully saturated rings. The van der Waals surface area contributed by atoms with Crippen molar-refractivity contribution in [2.45, 2.75) is 26.2 Å². The van der Waals surface area contributed by atoms with E-state index in [1.54, 1.807) is 13.2 Å². The molecule has 2 aromatic carbocycles. The Hall–Kier alpha value is -4.09. The van der Waals surface area contributed by atoms with Gasteiger partial charge < -0.3 is 30.2 Å². The second kappa shape index (κ2) is 13.3. The van der Waals surface area contributed by atoms with Crippen molar-refractivity contribution in [1.29, 1.82) is 0 Å². The van der Waals surface area contributed by atoms with Crippen LogP contribution < -0.4 is 20.7 Å². The molecule has 9 nitrogen and oxygen atoms in total. The molecule has 4 aliphatic rings. The Morgan fingerprint density at radius 2 is 1.91 bits per heavy atom. The summed E-state index contributed by atoms with van der Waals surface area (Å²) in [7, 11) is 1.63. The number of carbonyl (C=O) groups excluding carboxylic acids is 1. The lowest BCUT2D eigenvalue weighted by atomic mass is 9.84. The average Bonchev–Trinajstić information content (AvgIpc) is 3.60. The molecule has 2 aromatic rings. The molecule has 4 atom stereocenters. The number of hydrogen-bond acceptors (Lipinski definition) is 8. The third-order valence-electron chi connectivity index (χ3n) is 8.72. The number of ether oxygens (including phenoxy) is 3. The minimum absolute atomic E-state index is 0.00134. The maximum absolute atomic E-state index is 15.2. The molecule has 2 aliphatic carbocycles. The number of nitrogens with zero attached hydrogens (tertiary/aromatic N) is 2. The molecule has 0 radical (unpaired) electrons. The zero-order valence-electron chi connectivity index (χ0n) is 24.7. The van der Waals surface area contributed by atoms with Gasteiger partial charge in [-0.1, -0.05) is 37.3 Å². The topological polar surface area (TPSA) is 106 Å². The fourth-order valence-electron chi connectivity index (χ4n) is 6.63. The Bertz CT molecular complexity index is 1530. The molecule has 0 bridgehead atoms. The Morgan fingerprint density at radius 1 is 1.14 bits per heavy atom. The largest absolute Gasteiger partial charge is 0.497 e. The van der Waals surface area contributed by atoms with Gasteiger partial charge in [-0.15, -0.1) is 0 Å². The number of amides is 1. The molecule has 3 N–H and O–H groups in total. The monoisotopic (exact) mass is 617 g/mol. The number of benzene rings is 2. The molecule has 6 rings (SSSR count). The Balaban J connectivity index is 1.07. The van der Waals surface area contributed by atoms with E-state index >= 15 is 4.39 Å². The van der Waals surface area contributed by atoms with Crippen LogP contribution in [0.15, 0.2) is 81.8 Å². The second-order valence-corrected chi connectivity index (χ2v) is 12.1. The number of nitrogens with one attached hydrogen (secondary N) is 3. The molecule has 0 spiro atoms. The minimum Gasteiger partial charge on any atom is -0.497 e. The number of aliphatic imine (C=N–C) groups is 2. The van der Waals surface area contributed by atoms with Gasteiger partial charge in [-0.3, -0.25) is 4.79 Å². The molecule has 1 saturated heterocycles. The summed E-state index contributed by atoms with van der Waals surface area (Å²) in [5.74, 6) is 2.25. The number of halogens is 1. The van der Waals surface area contributed by atoms with Crippen LogP contribution in [-0.4, -0.2) is 50.1 Å². The zero-order chi connectivity index (χ0) is 30.6.